The summed E-state index contributed by atoms with van der Waals surface area (Å²) in [7, 11) is 0. The highest BCUT2D eigenvalue weighted by atomic mass is 35.5. The quantitative estimate of drug-likeness (QED) is 0.758. The average molecular weight is 243 g/mol. The number of hydrogen-bond acceptors (Lipinski definition) is 4. The Labute approximate surface area is 98.2 Å². The summed E-state index contributed by atoms with van der Waals surface area (Å²) in [5.74, 6) is 1.03. The van der Waals surface area contributed by atoms with Crippen molar-refractivity contribution in [3.05, 3.63) is 36.7 Å². The minimum Gasteiger partial charge on any atom is -0.244 e. The van der Waals surface area contributed by atoms with E-state index in [9.17, 15) is 0 Å². The number of nitrogens with zero attached hydrogens (tertiary/aromatic N) is 4. The molecule has 0 saturated heterocycles. The third-order valence-electron chi connectivity index (χ3n) is 1.68. The molecular formula is C9H8Cl2N4. The Bertz CT molecular complexity index is 404. The third kappa shape index (κ3) is 2.84. The van der Waals surface area contributed by atoms with Gasteiger partial charge >= 0.3 is 0 Å². The molecule has 0 bridgehead atoms. The van der Waals surface area contributed by atoms with E-state index in [4.69, 9.17) is 11.6 Å². The summed E-state index contributed by atoms with van der Waals surface area (Å²) in [5, 5.41) is 0. The van der Waals surface area contributed by atoms with Gasteiger partial charge in [0.1, 0.15) is 6.33 Å². The molecule has 0 aromatic carbocycles. The summed E-state index contributed by atoms with van der Waals surface area (Å²) in [4.78, 5) is 16.1. The van der Waals surface area contributed by atoms with Crippen LogP contribution in [0.1, 0.15) is 5.56 Å². The fraction of sp³-hybridized carbons (Fsp3) is 0.111. The van der Waals surface area contributed by atoms with Gasteiger partial charge in [0.15, 0.2) is 5.82 Å². The minimum absolute atomic E-state index is 0. The lowest BCUT2D eigenvalue weighted by atomic mass is 10.3. The molecule has 0 spiro atoms. The molecule has 0 radical (unpaired) electrons. The molecule has 2 aromatic rings. The second-order valence-corrected chi connectivity index (χ2v) is 2.94. The minimum atomic E-state index is 0. The number of alkyl halides is 1. The van der Waals surface area contributed by atoms with Gasteiger partial charge in [-0.2, -0.15) is 0 Å². The van der Waals surface area contributed by atoms with E-state index in [2.05, 4.69) is 19.9 Å². The molecule has 6 heteroatoms. The van der Waals surface area contributed by atoms with Crippen LogP contribution >= 0.6 is 24.0 Å². The van der Waals surface area contributed by atoms with Crippen LogP contribution in [0.2, 0.25) is 0 Å². The van der Waals surface area contributed by atoms with Crippen LogP contribution < -0.4 is 0 Å². The van der Waals surface area contributed by atoms with Crippen molar-refractivity contribution < 1.29 is 0 Å². The largest absolute Gasteiger partial charge is 0.244 e. The lowest BCUT2D eigenvalue weighted by Gasteiger charge is -1.98. The molecule has 0 amide bonds. The van der Waals surface area contributed by atoms with Gasteiger partial charge in [0.05, 0.1) is 11.4 Å². The van der Waals surface area contributed by atoms with Gasteiger partial charge in [0.2, 0.25) is 0 Å². The number of aromatic nitrogens is 4. The van der Waals surface area contributed by atoms with Crippen molar-refractivity contribution in [3.8, 4) is 11.4 Å². The lowest BCUT2D eigenvalue weighted by molar-refractivity contribution is 1.10. The molecule has 2 heterocycles. The van der Waals surface area contributed by atoms with Gasteiger partial charge < -0.3 is 0 Å². The Hall–Kier alpha value is -1.26. The van der Waals surface area contributed by atoms with Crippen LogP contribution in [0.15, 0.2) is 31.1 Å². The maximum atomic E-state index is 5.62. The molecule has 0 saturated carbocycles. The first-order chi connectivity index (χ1) is 6.90. The molecule has 0 atom stereocenters. The second-order valence-electron chi connectivity index (χ2n) is 2.68. The predicted molar refractivity (Wildman–Crippen MR) is 59.9 cm³/mol. The molecule has 0 N–H and O–H groups in total. The van der Waals surface area contributed by atoms with Gasteiger partial charge in [-0.25, -0.2) is 19.9 Å². The van der Waals surface area contributed by atoms with E-state index in [0.29, 0.717) is 11.7 Å². The van der Waals surface area contributed by atoms with Crippen LogP contribution in [-0.4, -0.2) is 19.9 Å². The lowest BCUT2D eigenvalue weighted by Crippen LogP contribution is -1.91. The first kappa shape index (κ1) is 11.8. The fourth-order valence-corrected chi connectivity index (χ4v) is 1.13. The molecule has 15 heavy (non-hydrogen) atoms. The monoisotopic (exact) mass is 242 g/mol. The van der Waals surface area contributed by atoms with Crippen molar-refractivity contribution in [1.82, 2.24) is 19.9 Å². The maximum absolute atomic E-state index is 5.62. The summed E-state index contributed by atoms with van der Waals surface area (Å²) in [6, 6.07) is 0. The van der Waals surface area contributed by atoms with Crippen LogP contribution in [0.5, 0.6) is 0 Å². The Morgan fingerprint density at radius 2 is 1.60 bits per heavy atom. The summed E-state index contributed by atoms with van der Waals surface area (Å²) in [6.07, 6.45) is 8.20. The van der Waals surface area contributed by atoms with E-state index < -0.39 is 0 Å². The summed E-state index contributed by atoms with van der Waals surface area (Å²) in [6.45, 7) is 0. The van der Waals surface area contributed by atoms with Crippen LogP contribution in [0.4, 0.5) is 0 Å². The van der Waals surface area contributed by atoms with Crippen molar-refractivity contribution in [2.75, 3.05) is 0 Å². The highest BCUT2D eigenvalue weighted by Crippen LogP contribution is 2.11. The van der Waals surface area contributed by atoms with E-state index in [1.165, 1.54) is 6.33 Å². The Morgan fingerprint density at radius 1 is 1.00 bits per heavy atom. The maximum Gasteiger partial charge on any atom is 0.162 e. The summed E-state index contributed by atoms with van der Waals surface area (Å²) >= 11 is 5.62. The van der Waals surface area contributed by atoms with Crippen molar-refractivity contribution in [3.63, 3.8) is 0 Å². The van der Waals surface area contributed by atoms with Crippen LogP contribution in [0, 0.1) is 0 Å². The van der Waals surface area contributed by atoms with Crippen molar-refractivity contribution in [2.45, 2.75) is 5.88 Å². The summed E-state index contributed by atoms with van der Waals surface area (Å²) < 4.78 is 0. The fourth-order valence-electron chi connectivity index (χ4n) is 0.987. The van der Waals surface area contributed by atoms with Gasteiger partial charge in [-0.1, -0.05) is 0 Å². The van der Waals surface area contributed by atoms with Crippen molar-refractivity contribution in [2.24, 2.45) is 0 Å². The molecule has 78 valence electrons. The van der Waals surface area contributed by atoms with Crippen LogP contribution in [0.3, 0.4) is 0 Å². The highest BCUT2D eigenvalue weighted by molar-refractivity contribution is 6.17. The van der Waals surface area contributed by atoms with Crippen molar-refractivity contribution >= 4 is 24.0 Å². The van der Waals surface area contributed by atoms with Gasteiger partial charge in [0.25, 0.3) is 0 Å². The van der Waals surface area contributed by atoms with Gasteiger partial charge in [-0.05, 0) is 0 Å². The predicted octanol–water partition coefficient (Wildman–Crippen LogP) is 2.09. The number of hydrogen-bond donors (Lipinski definition) is 0. The molecular weight excluding hydrogens is 235 g/mol. The zero-order valence-electron chi connectivity index (χ0n) is 7.67. The van der Waals surface area contributed by atoms with Crippen LogP contribution in [0.25, 0.3) is 11.4 Å². The van der Waals surface area contributed by atoms with E-state index in [1.807, 2.05) is 0 Å². The van der Waals surface area contributed by atoms with E-state index in [-0.39, 0.29) is 12.4 Å². The molecule has 4 nitrogen and oxygen atoms in total. The Morgan fingerprint density at radius 3 is 2.13 bits per heavy atom. The topological polar surface area (TPSA) is 51.6 Å². The van der Waals surface area contributed by atoms with E-state index in [0.717, 1.165) is 11.1 Å². The normalized spacial score (nSPS) is 9.40. The molecule has 2 aromatic heterocycles. The Kier molecular flexibility index (Phi) is 4.39. The molecule has 0 aliphatic carbocycles. The molecule has 0 aliphatic rings. The van der Waals surface area contributed by atoms with Crippen LogP contribution in [-0.2, 0) is 5.88 Å². The number of rotatable bonds is 2. The molecule has 2 rings (SSSR count). The van der Waals surface area contributed by atoms with E-state index in [1.54, 1.807) is 24.8 Å². The average Bonchev–Trinajstić information content (AvgIpc) is 2.30. The standard InChI is InChI=1S/C9H7ClN4.ClH/c10-1-7-2-13-9(14-3-7)8-4-11-6-12-5-8;/h2-6H,1H2;1H. The highest BCUT2D eigenvalue weighted by Gasteiger charge is 2.00. The zero-order chi connectivity index (χ0) is 9.80. The molecule has 0 unspecified atom stereocenters. The van der Waals surface area contributed by atoms with Gasteiger partial charge in [-0.3, -0.25) is 0 Å². The second kappa shape index (κ2) is 5.58. The molecule has 0 fully saturated rings. The number of halogens is 2. The zero-order valence-corrected chi connectivity index (χ0v) is 9.24. The first-order valence-electron chi connectivity index (χ1n) is 4.02. The van der Waals surface area contributed by atoms with Crippen molar-refractivity contribution in [1.29, 1.82) is 0 Å². The van der Waals surface area contributed by atoms with Gasteiger partial charge in [-0.15, -0.1) is 24.0 Å². The molecule has 0 aliphatic heterocycles. The smallest absolute Gasteiger partial charge is 0.162 e. The van der Waals surface area contributed by atoms with Gasteiger partial charge in [0, 0.05) is 30.4 Å². The summed E-state index contributed by atoms with van der Waals surface area (Å²) in [5.41, 5.74) is 1.70. The SMILES string of the molecule is Cl.ClCc1cnc(-c2cncnc2)nc1. The third-order valence-corrected chi connectivity index (χ3v) is 1.99. The first-order valence-corrected chi connectivity index (χ1v) is 4.56. The Balaban J connectivity index is 0.00000112. The van der Waals surface area contributed by atoms with E-state index >= 15 is 0 Å².